The average molecular weight is 280 g/mol. The van der Waals surface area contributed by atoms with Gasteiger partial charge in [-0.2, -0.15) is 0 Å². The number of carbonyl (C=O) groups excluding carboxylic acids is 1. The van der Waals surface area contributed by atoms with Crippen molar-refractivity contribution in [1.29, 1.82) is 0 Å². The number of nitrogens with zero attached hydrogens (tertiary/aromatic N) is 1. The second-order valence-electron chi connectivity index (χ2n) is 5.61. The summed E-state index contributed by atoms with van der Waals surface area (Å²) in [7, 11) is 0. The summed E-state index contributed by atoms with van der Waals surface area (Å²) in [5, 5.41) is 0. The second kappa shape index (κ2) is 6.00. The summed E-state index contributed by atoms with van der Waals surface area (Å²) in [5.74, 6) is 0.399. The van der Waals surface area contributed by atoms with Crippen LogP contribution in [-0.2, 0) is 0 Å². The number of amides is 2. The fourth-order valence-electron chi connectivity index (χ4n) is 3.03. The summed E-state index contributed by atoms with van der Waals surface area (Å²) in [6, 6.07) is 18.7. The number of piperidine rings is 1. The number of nitrogens with two attached hydrogens (primary N) is 1. The number of hydrogen-bond acceptors (Lipinski definition) is 1. The average Bonchev–Trinajstić information content (AvgIpc) is 2.56. The first-order valence-electron chi connectivity index (χ1n) is 7.44. The number of benzene rings is 2. The molecule has 0 aromatic heterocycles. The highest BCUT2D eigenvalue weighted by molar-refractivity contribution is 5.72. The highest BCUT2D eigenvalue weighted by atomic mass is 16.2. The molecule has 3 heteroatoms. The molecule has 2 aromatic carbocycles. The van der Waals surface area contributed by atoms with E-state index in [4.69, 9.17) is 5.73 Å². The first-order chi connectivity index (χ1) is 10.2. The molecule has 1 saturated heterocycles. The Bertz CT molecular complexity index is 607. The van der Waals surface area contributed by atoms with Crippen LogP contribution in [0.1, 0.15) is 24.3 Å². The molecule has 0 aliphatic carbocycles. The van der Waals surface area contributed by atoms with Crippen LogP contribution in [0.3, 0.4) is 0 Å². The maximum absolute atomic E-state index is 11.3. The van der Waals surface area contributed by atoms with Gasteiger partial charge in [0.1, 0.15) is 0 Å². The Balaban J connectivity index is 1.76. The van der Waals surface area contributed by atoms with Crippen LogP contribution in [0.5, 0.6) is 0 Å². The molecule has 0 spiro atoms. The van der Waals surface area contributed by atoms with Crippen molar-refractivity contribution in [3.8, 4) is 11.1 Å². The highest BCUT2D eigenvalue weighted by Gasteiger charge is 2.23. The molecule has 0 saturated carbocycles. The van der Waals surface area contributed by atoms with E-state index in [2.05, 4.69) is 48.5 Å². The topological polar surface area (TPSA) is 46.3 Å². The van der Waals surface area contributed by atoms with E-state index in [1.807, 2.05) is 6.07 Å². The van der Waals surface area contributed by atoms with Gasteiger partial charge < -0.3 is 10.6 Å². The third-order valence-corrected chi connectivity index (χ3v) is 4.22. The molecule has 0 bridgehead atoms. The lowest BCUT2D eigenvalue weighted by Gasteiger charge is -2.31. The minimum absolute atomic E-state index is 0.305. The van der Waals surface area contributed by atoms with Crippen molar-refractivity contribution in [2.45, 2.75) is 18.8 Å². The first kappa shape index (κ1) is 13.7. The molecule has 3 nitrogen and oxygen atoms in total. The summed E-state index contributed by atoms with van der Waals surface area (Å²) in [6.07, 6.45) is 2.14. The molecule has 1 aliphatic rings. The summed E-state index contributed by atoms with van der Waals surface area (Å²) in [4.78, 5) is 13.1. The normalized spacial score (nSPS) is 18.5. The highest BCUT2D eigenvalue weighted by Crippen LogP contribution is 2.28. The molecule has 2 N–H and O–H groups in total. The van der Waals surface area contributed by atoms with E-state index in [0.717, 1.165) is 25.9 Å². The smallest absolute Gasteiger partial charge is 0.314 e. The minimum atomic E-state index is -0.305. The van der Waals surface area contributed by atoms with E-state index in [9.17, 15) is 4.79 Å². The molecule has 108 valence electrons. The van der Waals surface area contributed by atoms with Crippen molar-refractivity contribution in [3.63, 3.8) is 0 Å². The third kappa shape index (κ3) is 3.07. The van der Waals surface area contributed by atoms with Gasteiger partial charge in [0.05, 0.1) is 0 Å². The van der Waals surface area contributed by atoms with Gasteiger partial charge >= 0.3 is 6.03 Å². The zero-order valence-corrected chi connectivity index (χ0v) is 12.0. The van der Waals surface area contributed by atoms with Crippen molar-refractivity contribution in [3.05, 3.63) is 60.2 Å². The van der Waals surface area contributed by atoms with E-state index >= 15 is 0 Å². The lowest BCUT2D eigenvalue weighted by Crippen LogP contribution is -2.42. The van der Waals surface area contributed by atoms with Gasteiger partial charge in [-0.1, -0.05) is 54.6 Å². The molecule has 1 atom stereocenters. The maximum Gasteiger partial charge on any atom is 0.314 e. The second-order valence-corrected chi connectivity index (χ2v) is 5.61. The van der Waals surface area contributed by atoms with Crippen LogP contribution in [0.2, 0.25) is 0 Å². The Hall–Kier alpha value is -2.29. The van der Waals surface area contributed by atoms with Crippen LogP contribution >= 0.6 is 0 Å². The van der Waals surface area contributed by atoms with Gasteiger partial charge in [0.25, 0.3) is 0 Å². The van der Waals surface area contributed by atoms with Crippen molar-refractivity contribution in [1.82, 2.24) is 4.90 Å². The third-order valence-electron chi connectivity index (χ3n) is 4.22. The number of hydrogen-bond donors (Lipinski definition) is 1. The van der Waals surface area contributed by atoms with Gasteiger partial charge in [-0.05, 0) is 29.5 Å². The molecule has 1 unspecified atom stereocenters. The van der Waals surface area contributed by atoms with Crippen LogP contribution in [0.25, 0.3) is 11.1 Å². The van der Waals surface area contributed by atoms with Crippen molar-refractivity contribution < 1.29 is 4.79 Å². The summed E-state index contributed by atoms with van der Waals surface area (Å²) < 4.78 is 0. The monoisotopic (exact) mass is 280 g/mol. The number of rotatable bonds is 2. The Labute approximate surface area is 125 Å². The molecule has 1 aliphatic heterocycles. The van der Waals surface area contributed by atoms with Gasteiger partial charge in [0.2, 0.25) is 0 Å². The Morgan fingerprint density at radius 1 is 1.00 bits per heavy atom. The van der Waals surface area contributed by atoms with Crippen molar-refractivity contribution in [2.75, 3.05) is 13.1 Å². The predicted octanol–water partition coefficient (Wildman–Crippen LogP) is 3.61. The largest absolute Gasteiger partial charge is 0.351 e. The lowest BCUT2D eigenvalue weighted by molar-refractivity contribution is 0.189. The SMILES string of the molecule is NC(=O)N1CCCC(c2ccc(-c3ccccc3)cc2)C1. The van der Waals surface area contributed by atoms with Gasteiger partial charge in [-0.3, -0.25) is 0 Å². The van der Waals surface area contributed by atoms with E-state index in [1.165, 1.54) is 16.7 Å². The van der Waals surface area contributed by atoms with Crippen LogP contribution in [0, 0.1) is 0 Å². The van der Waals surface area contributed by atoms with Crippen molar-refractivity contribution >= 4 is 6.03 Å². The Morgan fingerprint density at radius 2 is 1.67 bits per heavy atom. The molecule has 2 amide bonds. The number of likely N-dealkylation sites (tertiary alicyclic amines) is 1. The molecule has 1 heterocycles. The fraction of sp³-hybridized carbons (Fsp3) is 0.278. The molecule has 1 fully saturated rings. The molecule has 0 radical (unpaired) electrons. The Morgan fingerprint density at radius 3 is 2.33 bits per heavy atom. The van der Waals surface area contributed by atoms with Crippen LogP contribution in [0.15, 0.2) is 54.6 Å². The molecule has 3 rings (SSSR count). The standard InChI is InChI=1S/C18H20N2O/c19-18(21)20-12-4-7-17(13-20)16-10-8-15(9-11-16)14-5-2-1-3-6-14/h1-3,5-6,8-11,17H,4,7,12-13H2,(H2,19,21). The van der Waals surface area contributed by atoms with Gasteiger partial charge in [0, 0.05) is 19.0 Å². The van der Waals surface area contributed by atoms with E-state index in [-0.39, 0.29) is 6.03 Å². The van der Waals surface area contributed by atoms with Crippen LogP contribution in [0.4, 0.5) is 4.79 Å². The summed E-state index contributed by atoms with van der Waals surface area (Å²) in [5.41, 5.74) is 9.14. The molecular weight excluding hydrogens is 260 g/mol. The number of urea groups is 1. The lowest BCUT2D eigenvalue weighted by atomic mass is 9.89. The number of primary amides is 1. The quantitative estimate of drug-likeness (QED) is 0.897. The van der Waals surface area contributed by atoms with Gasteiger partial charge in [-0.25, -0.2) is 4.79 Å². The fourth-order valence-corrected chi connectivity index (χ4v) is 3.03. The van der Waals surface area contributed by atoms with E-state index < -0.39 is 0 Å². The predicted molar refractivity (Wildman–Crippen MR) is 85.0 cm³/mol. The minimum Gasteiger partial charge on any atom is -0.351 e. The molecular formula is C18H20N2O. The summed E-state index contributed by atoms with van der Waals surface area (Å²) in [6.45, 7) is 1.52. The van der Waals surface area contributed by atoms with E-state index in [0.29, 0.717) is 5.92 Å². The van der Waals surface area contributed by atoms with E-state index in [1.54, 1.807) is 4.90 Å². The molecule has 2 aromatic rings. The van der Waals surface area contributed by atoms with Crippen LogP contribution in [-0.4, -0.2) is 24.0 Å². The maximum atomic E-state index is 11.3. The first-order valence-corrected chi connectivity index (χ1v) is 7.44. The summed E-state index contributed by atoms with van der Waals surface area (Å²) >= 11 is 0. The zero-order chi connectivity index (χ0) is 14.7. The number of carbonyl (C=O) groups is 1. The van der Waals surface area contributed by atoms with Gasteiger partial charge in [-0.15, -0.1) is 0 Å². The van der Waals surface area contributed by atoms with Crippen LogP contribution < -0.4 is 5.73 Å². The zero-order valence-electron chi connectivity index (χ0n) is 12.0. The van der Waals surface area contributed by atoms with Crippen molar-refractivity contribution in [2.24, 2.45) is 5.73 Å². The van der Waals surface area contributed by atoms with Gasteiger partial charge in [0.15, 0.2) is 0 Å². The Kier molecular flexibility index (Phi) is 3.91. The molecule has 21 heavy (non-hydrogen) atoms.